The van der Waals surface area contributed by atoms with Gasteiger partial charge in [0.1, 0.15) is 5.84 Å². The Kier molecular flexibility index (Phi) is 4.49. The van der Waals surface area contributed by atoms with Crippen molar-refractivity contribution in [2.45, 2.75) is 13.3 Å². The maximum absolute atomic E-state index is 12.5. The summed E-state index contributed by atoms with van der Waals surface area (Å²) >= 11 is 3.25. The van der Waals surface area contributed by atoms with Gasteiger partial charge in [-0.05, 0) is 52.7 Å². The highest BCUT2D eigenvalue weighted by Crippen LogP contribution is 2.29. The fourth-order valence-corrected chi connectivity index (χ4v) is 3.25. The molecule has 2 aromatic rings. The molecule has 5 nitrogen and oxygen atoms in total. The van der Waals surface area contributed by atoms with E-state index >= 15 is 0 Å². The van der Waals surface area contributed by atoms with Crippen LogP contribution in [0.15, 0.2) is 51.9 Å². The first-order valence-corrected chi connectivity index (χ1v) is 8.37. The average Bonchev–Trinajstić information content (AvgIpc) is 2.91. The smallest absolute Gasteiger partial charge is 0.278 e. The molecule has 0 aliphatic carbocycles. The van der Waals surface area contributed by atoms with Crippen LogP contribution in [0.25, 0.3) is 0 Å². The number of likely N-dealkylation sites (N-methyl/N-ethyl adjacent to an activating group) is 1. The molecule has 0 aromatic heterocycles. The van der Waals surface area contributed by atoms with E-state index in [0.29, 0.717) is 22.3 Å². The predicted octanol–water partition coefficient (Wildman–Crippen LogP) is 3.17. The summed E-state index contributed by atoms with van der Waals surface area (Å²) < 4.78 is 0.558. The Labute approximate surface area is 148 Å². The molecule has 0 unspecified atom stereocenters. The lowest BCUT2D eigenvalue weighted by molar-refractivity contribution is 0.0999. The van der Waals surface area contributed by atoms with Gasteiger partial charge >= 0.3 is 0 Å². The molecule has 3 rings (SSSR count). The number of rotatable bonds is 3. The first-order chi connectivity index (χ1) is 11.5. The van der Waals surface area contributed by atoms with Crippen LogP contribution in [0.4, 0.5) is 5.69 Å². The fourth-order valence-electron chi connectivity index (χ4n) is 2.81. The molecule has 0 atom stereocenters. The molecule has 1 aliphatic heterocycles. The topological polar surface area (TPSA) is 75.8 Å². The number of primary amides is 1. The fraction of sp³-hybridized carbons (Fsp3) is 0.167. The molecule has 0 saturated carbocycles. The van der Waals surface area contributed by atoms with E-state index in [1.165, 1.54) is 6.07 Å². The number of nitrogens with two attached hydrogens (primary N) is 1. The molecule has 0 spiro atoms. The van der Waals surface area contributed by atoms with E-state index in [-0.39, 0.29) is 11.5 Å². The van der Waals surface area contributed by atoms with E-state index in [1.54, 1.807) is 12.1 Å². The number of para-hydroxylation sites is 1. The van der Waals surface area contributed by atoms with Crippen LogP contribution in [-0.2, 0) is 6.42 Å². The molecule has 2 N–H and O–H groups in total. The Balaban J connectivity index is 1.93. The Morgan fingerprint density at radius 2 is 2.00 bits per heavy atom. The van der Waals surface area contributed by atoms with Gasteiger partial charge in [0.15, 0.2) is 0 Å². The van der Waals surface area contributed by atoms with Gasteiger partial charge in [-0.3, -0.25) is 9.59 Å². The highest BCUT2D eigenvalue weighted by atomic mass is 79.9. The molecular formula is C18H16BrN3O2. The van der Waals surface area contributed by atoms with Gasteiger partial charge in [0.25, 0.3) is 5.91 Å². The molecule has 0 radical (unpaired) electrons. The van der Waals surface area contributed by atoms with Crippen LogP contribution in [0, 0.1) is 0 Å². The number of carbonyl (C=O) groups is 2. The molecule has 122 valence electrons. The van der Waals surface area contributed by atoms with Gasteiger partial charge in [0.05, 0.1) is 5.56 Å². The van der Waals surface area contributed by atoms with Gasteiger partial charge in [-0.15, -0.1) is 0 Å². The summed E-state index contributed by atoms with van der Waals surface area (Å²) in [5.74, 6) is -0.258. The predicted molar refractivity (Wildman–Crippen MR) is 97.6 cm³/mol. The molecule has 2 amide bonds. The standard InChI is InChI=1S/C18H16BrN3O2/c1-2-22-15-6-4-3-5-11(15)10-16(22)21-18(24)12-7-8-14(19)13(9-12)17(20)23/h3-9H,2,10H2,1H3,(H2,20,23). The number of aliphatic imine (C=N–C) groups is 1. The highest BCUT2D eigenvalue weighted by molar-refractivity contribution is 9.10. The SMILES string of the molecule is CCN1C(=NC(=O)c2ccc(Br)c(C(N)=O)c2)Cc2ccccc21. The minimum absolute atomic E-state index is 0.267. The van der Waals surface area contributed by atoms with Crippen molar-refractivity contribution in [1.29, 1.82) is 0 Å². The lowest BCUT2D eigenvalue weighted by Crippen LogP contribution is -2.27. The van der Waals surface area contributed by atoms with E-state index in [4.69, 9.17) is 5.73 Å². The van der Waals surface area contributed by atoms with Gasteiger partial charge < -0.3 is 10.6 Å². The minimum atomic E-state index is -0.590. The Hall–Kier alpha value is -2.47. The van der Waals surface area contributed by atoms with Gasteiger partial charge in [0, 0.05) is 28.7 Å². The van der Waals surface area contributed by atoms with Crippen molar-refractivity contribution in [3.05, 3.63) is 63.6 Å². The second kappa shape index (κ2) is 6.57. The Bertz CT molecular complexity index is 861. The maximum Gasteiger partial charge on any atom is 0.278 e. The zero-order chi connectivity index (χ0) is 17.3. The average molecular weight is 386 g/mol. The number of fused-ring (bicyclic) bond motifs is 1. The van der Waals surface area contributed by atoms with Crippen LogP contribution in [0.3, 0.4) is 0 Å². The summed E-state index contributed by atoms with van der Waals surface area (Å²) in [7, 11) is 0. The van der Waals surface area contributed by atoms with E-state index < -0.39 is 5.91 Å². The molecular weight excluding hydrogens is 370 g/mol. The maximum atomic E-state index is 12.5. The quantitative estimate of drug-likeness (QED) is 0.881. The van der Waals surface area contributed by atoms with Crippen LogP contribution in [0.1, 0.15) is 33.2 Å². The molecule has 1 aliphatic rings. The zero-order valence-electron chi connectivity index (χ0n) is 13.1. The summed E-state index contributed by atoms with van der Waals surface area (Å²) in [5, 5.41) is 0. The van der Waals surface area contributed by atoms with Crippen molar-refractivity contribution in [3.8, 4) is 0 Å². The molecule has 0 bridgehead atoms. The first kappa shape index (κ1) is 16.4. The normalized spacial score (nSPS) is 14.8. The molecule has 6 heteroatoms. The number of hydrogen-bond donors (Lipinski definition) is 1. The summed E-state index contributed by atoms with van der Waals surface area (Å²) in [6.45, 7) is 2.75. The van der Waals surface area contributed by atoms with Crippen LogP contribution in [0.2, 0.25) is 0 Å². The summed E-state index contributed by atoms with van der Waals surface area (Å²) in [6.07, 6.45) is 0.620. The molecule has 0 saturated heterocycles. The van der Waals surface area contributed by atoms with Crippen LogP contribution in [-0.4, -0.2) is 24.2 Å². The van der Waals surface area contributed by atoms with Crippen molar-refractivity contribution in [2.24, 2.45) is 10.7 Å². The lowest BCUT2D eigenvalue weighted by atomic mass is 10.1. The summed E-state index contributed by atoms with van der Waals surface area (Å²) in [6, 6.07) is 12.7. The monoisotopic (exact) mass is 385 g/mol. The second-order valence-corrected chi connectivity index (χ2v) is 6.30. The Morgan fingerprint density at radius 1 is 1.25 bits per heavy atom. The van der Waals surface area contributed by atoms with E-state index in [2.05, 4.69) is 20.9 Å². The second-order valence-electron chi connectivity index (χ2n) is 5.44. The van der Waals surface area contributed by atoms with Crippen molar-refractivity contribution in [2.75, 3.05) is 11.4 Å². The third kappa shape index (κ3) is 2.97. The third-order valence-electron chi connectivity index (χ3n) is 3.97. The molecule has 24 heavy (non-hydrogen) atoms. The number of nitrogens with zero attached hydrogens (tertiary/aromatic N) is 2. The molecule has 2 aromatic carbocycles. The number of amidine groups is 1. The molecule has 0 fully saturated rings. The lowest BCUT2D eigenvalue weighted by Gasteiger charge is -2.17. The minimum Gasteiger partial charge on any atom is -0.366 e. The van der Waals surface area contributed by atoms with Crippen molar-refractivity contribution in [3.63, 3.8) is 0 Å². The number of hydrogen-bond acceptors (Lipinski definition) is 2. The number of carbonyl (C=O) groups excluding carboxylic acids is 2. The first-order valence-electron chi connectivity index (χ1n) is 7.58. The summed E-state index contributed by atoms with van der Waals surface area (Å²) in [4.78, 5) is 30.3. The number of amides is 2. The zero-order valence-corrected chi connectivity index (χ0v) is 14.7. The summed E-state index contributed by atoms with van der Waals surface area (Å²) in [5.41, 5.74) is 8.17. The van der Waals surface area contributed by atoms with Crippen molar-refractivity contribution >= 4 is 39.3 Å². The van der Waals surface area contributed by atoms with E-state index in [1.807, 2.05) is 36.1 Å². The van der Waals surface area contributed by atoms with Crippen LogP contribution < -0.4 is 10.6 Å². The highest BCUT2D eigenvalue weighted by Gasteiger charge is 2.25. The number of benzene rings is 2. The van der Waals surface area contributed by atoms with E-state index in [0.717, 1.165) is 17.8 Å². The molecule has 1 heterocycles. The number of anilines is 1. The number of halogens is 1. The largest absolute Gasteiger partial charge is 0.366 e. The van der Waals surface area contributed by atoms with E-state index in [9.17, 15) is 9.59 Å². The third-order valence-corrected chi connectivity index (χ3v) is 4.66. The van der Waals surface area contributed by atoms with Crippen LogP contribution in [0.5, 0.6) is 0 Å². The Morgan fingerprint density at radius 3 is 2.71 bits per heavy atom. The van der Waals surface area contributed by atoms with Gasteiger partial charge in [-0.2, -0.15) is 4.99 Å². The van der Waals surface area contributed by atoms with Gasteiger partial charge in [-0.1, -0.05) is 18.2 Å². The van der Waals surface area contributed by atoms with Crippen molar-refractivity contribution in [1.82, 2.24) is 0 Å². The van der Waals surface area contributed by atoms with Crippen LogP contribution >= 0.6 is 15.9 Å². The van der Waals surface area contributed by atoms with Crippen molar-refractivity contribution < 1.29 is 9.59 Å². The van der Waals surface area contributed by atoms with Gasteiger partial charge in [-0.25, -0.2) is 0 Å². The van der Waals surface area contributed by atoms with Gasteiger partial charge in [0.2, 0.25) is 5.91 Å².